The molecule has 0 heterocycles. The van der Waals surface area contributed by atoms with Crippen molar-refractivity contribution in [3.63, 3.8) is 0 Å². The minimum atomic E-state index is -0.512. The van der Waals surface area contributed by atoms with Crippen molar-refractivity contribution < 1.29 is 9.59 Å². The van der Waals surface area contributed by atoms with E-state index >= 15 is 0 Å². The van der Waals surface area contributed by atoms with Gasteiger partial charge in [0.1, 0.15) is 6.04 Å². The topological polar surface area (TPSA) is 49.4 Å². The quantitative estimate of drug-likeness (QED) is 0.656. The predicted molar refractivity (Wildman–Crippen MR) is 60.3 cm³/mol. The molecule has 0 aliphatic heterocycles. The molecule has 0 saturated carbocycles. The second kappa shape index (κ2) is 6.81. The minimum absolute atomic E-state index is 0.134. The fourth-order valence-electron chi connectivity index (χ4n) is 1.21. The first-order valence-electron chi connectivity index (χ1n) is 4.80. The average molecular weight is 210 g/mol. The zero-order chi connectivity index (χ0) is 11.8. The van der Waals surface area contributed by atoms with Crippen LogP contribution in [0.15, 0.2) is 25.3 Å². The van der Waals surface area contributed by atoms with Gasteiger partial charge in [0, 0.05) is 20.0 Å². The molecule has 0 aromatic carbocycles. The summed E-state index contributed by atoms with van der Waals surface area (Å²) >= 11 is 0. The first-order chi connectivity index (χ1) is 7.02. The van der Waals surface area contributed by atoms with E-state index in [0.717, 1.165) is 0 Å². The van der Waals surface area contributed by atoms with Crippen molar-refractivity contribution in [1.82, 2.24) is 10.2 Å². The molecular weight excluding hydrogens is 192 g/mol. The number of carbonyl (C=O) groups excluding carboxylic acids is 2. The number of rotatable bonds is 6. The smallest absolute Gasteiger partial charge is 0.245 e. The molecule has 0 aliphatic rings. The number of carbonyl (C=O) groups is 2. The fraction of sp³-hybridized carbons (Fsp3) is 0.455. The molecule has 1 N–H and O–H groups in total. The number of nitrogens with zero attached hydrogens (tertiary/aromatic N) is 1. The zero-order valence-corrected chi connectivity index (χ0v) is 9.32. The van der Waals surface area contributed by atoms with Crippen molar-refractivity contribution in [3.8, 4) is 0 Å². The van der Waals surface area contributed by atoms with E-state index < -0.39 is 6.04 Å². The summed E-state index contributed by atoms with van der Waals surface area (Å²) in [6.07, 6.45) is 3.28. The summed E-state index contributed by atoms with van der Waals surface area (Å²) in [5.74, 6) is -0.349. The molecule has 15 heavy (non-hydrogen) atoms. The minimum Gasteiger partial charge on any atom is -0.345 e. The maximum Gasteiger partial charge on any atom is 0.245 e. The van der Waals surface area contributed by atoms with Crippen LogP contribution in [0.5, 0.6) is 0 Å². The third kappa shape index (κ3) is 5.00. The molecule has 0 spiro atoms. The molecule has 1 atom stereocenters. The fourth-order valence-corrected chi connectivity index (χ4v) is 1.21. The van der Waals surface area contributed by atoms with Gasteiger partial charge in [-0.2, -0.15) is 0 Å². The van der Waals surface area contributed by atoms with Gasteiger partial charge < -0.3 is 10.2 Å². The van der Waals surface area contributed by atoms with Crippen LogP contribution in [0.4, 0.5) is 0 Å². The second-order valence-corrected chi connectivity index (χ2v) is 3.24. The molecule has 4 nitrogen and oxygen atoms in total. The van der Waals surface area contributed by atoms with E-state index in [9.17, 15) is 9.59 Å². The van der Waals surface area contributed by atoms with Crippen LogP contribution in [0.2, 0.25) is 0 Å². The highest BCUT2D eigenvalue weighted by Gasteiger charge is 2.18. The van der Waals surface area contributed by atoms with Crippen LogP contribution < -0.4 is 5.32 Å². The van der Waals surface area contributed by atoms with Crippen molar-refractivity contribution in [2.45, 2.75) is 19.9 Å². The van der Waals surface area contributed by atoms with E-state index in [0.29, 0.717) is 13.1 Å². The Bertz CT molecular complexity index is 251. The normalized spacial score (nSPS) is 11.3. The first kappa shape index (κ1) is 13.4. The summed E-state index contributed by atoms with van der Waals surface area (Å²) in [6.45, 7) is 11.1. The Balaban J connectivity index is 4.39. The Hall–Kier alpha value is -1.58. The van der Waals surface area contributed by atoms with E-state index in [1.54, 1.807) is 24.0 Å². The largest absolute Gasteiger partial charge is 0.345 e. The Kier molecular flexibility index (Phi) is 6.09. The molecule has 1 unspecified atom stereocenters. The van der Waals surface area contributed by atoms with Crippen LogP contribution in [0, 0.1) is 0 Å². The molecule has 0 aliphatic carbocycles. The van der Waals surface area contributed by atoms with Gasteiger partial charge in [0.2, 0.25) is 11.8 Å². The third-order valence-corrected chi connectivity index (χ3v) is 1.80. The maximum absolute atomic E-state index is 11.8. The molecule has 0 saturated heterocycles. The van der Waals surface area contributed by atoms with Gasteiger partial charge in [-0.05, 0) is 6.92 Å². The van der Waals surface area contributed by atoms with Gasteiger partial charge in [-0.3, -0.25) is 9.59 Å². The standard InChI is InChI=1S/C11H18N2O2/c1-5-7-13(8-6-2)11(15)9(3)12-10(4)14/h5-6,9H,1-2,7-8H2,3-4H3,(H,12,14). The monoisotopic (exact) mass is 210 g/mol. The lowest BCUT2D eigenvalue weighted by atomic mass is 10.2. The lowest BCUT2D eigenvalue weighted by molar-refractivity contribution is -0.134. The van der Waals surface area contributed by atoms with Gasteiger partial charge in [-0.1, -0.05) is 12.2 Å². The van der Waals surface area contributed by atoms with Crippen molar-refractivity contribution in [3.05, 3.63) is 25.3 Å². The maximum atomic E-state index is 11.8. The summed E-state index contributed by atoms with van der Waals surface area (Å²) in [5.41, 5.74) is 0. The second-order valence-electron chi connectivity index (χ2n) is 3.24. The molecule has 2 amide bonds. The van der Waals surface area contributed by atoms with Crippen LogP contribution in [0.1, 0.15) is 13.8 Å². The molecule has 0 radical (unpaired) electrons. The number of nitrogens with one attached hydrogen (secondary N) is 1. The highest BCUT2D eigenvalue weighted by Crippen LogP contribution is 1.96. The van der Waals surface area contributed by atoms with E-state index in [-0.39, 0.29) is 11.8 Å². The summed E-state index contributed by atoms with van der Waals surface area (Å²) in [7, 11) is 0. The third-order valence-electron chi connectivity index (χ3n) is 1.80. The SMILES string of the molecule is C=CCN(CC=C)C(=O)C(C)NC(C)=O. The Labute approximate surface area is 90.6 Å². The van der Waals surface area contributed by atoms with E-state index in [1.165, 1.54) is 6.92 Å². The molecule has 0 fully saturated rings. The molecule has 84 valence electrons. The van der Waals surface area contributed by atoms with Gasteiger partial charge in [0.15, 0.2) is 0 Å². The molecule has 0 aromatic rings. The summed E-state index contributed by atoms with van der Waals surface area (Å²) in [4.78, 5) is 24.1. The van der Waals surface area contributed by atoms with Gasteiger partial charge >= 0.3 is 0 Å². The van der Waals surface area contributed by atoms with Crippen LogP contribution in [-0.2, 0) is 9.59 Å². The van der Waals surface area contributed by atoms with Crippen molar-refractivity contribution in [1.29, 1.82) is 0 Å². The van der Waals surface area contributed by atoms with E-state index in [4.69, 9.17) is 0 Å². The number of amides is 2. The summed E-state index contributed by atoms with van der Waals surface area (Å²) < 4.78 is 0. The van der Waals surface area contributed by atoms with E-state index in [2.05, 4.69) is 18.5 Å². The zero-order valence-electron chi connectivity index (χ0n) is 9.32. The van der Waals surface area contributed by atoms with Crippen molar-refractivity contribution in [2.24, 2.45) is 0 Å². The van der Waals surface area contributed by atoms with Crippen molar-refractivity contribution in [2.75, 3.05) is 13.1 Å². The number of hydrogen-bond acceptors (Lipinski definition) is 2. The van der Waals surface area contributed by atoms with E-state index in [1.807, 2.05) is 0 Å². The van der Waals surface area contributed by atoms with Gasteiger partial charge in [-0.15, -0.1) is 13.2 Å². The Morgan fingerprint density at radius 1 is 1.33 bits per heavy atom. The first-order valence-corrected chi connectivity index (χ1v) is 4.80. The Morgan fingerprint density at radius 2 is 1.80 bits per heavy atom. The molecule has 4 heteroatoms. The Morgan fingerprint density at radius 3 is 2.13 bits per heavy atom. The molecular formula is C11H18N2O2. The van der Waals surface area contributed by atoms with Crippen LogP contribution >= 0.6 is 0 Å². The average Bonchev–Trinajstić information content (AvgIpc) is 2.15. The predicted octanol–water partition coefficient (Wildman–Crippen LogP) is 0.712. The lowest BCUT2D eigenvalue weighted by Gasteiger charge is -2.23. The van der Waals surface area contributed by atoms with Crippen LogP contribution in [-0.4, -0.2) is 35.8 Å². The van der Waals surface area contributed by atoms with Crippen LogP contribution in [0.25, 0.3) is 0 Å². The highest BCUT2D eigenvalue weighted by molar-refractivity contribution is 5.86. The summed E-state index contributed by atoms with van der Waals surface area (Å²) in [5, 5.41) is 2.54. The van der Waals surface area contributed by atoms with Crippen LogP contribution in [0.3, 0.4) is 0 Å². The number of hydrogen-bond donors (Lipinski definition) is 1. The van der Waals surface area contributed by atoms with Gasteiger partial charge in [0.05, 0.1) is 0 Å². The molecule has 0 bridgehead atoms. The molecule has 0 rings (SSSR count). The molecule has 0 aromatic heterocycles. The summed E-state index contributed by atoms with van der Waals surface area (Å²) in [6, 6.07) is -0.512. The highest BCUT2D eigenvalue weighted by atomic mass is 16.2. The van der Waals surface area contributed by atoms with Gasteiger partial charge in [-0.25, -0.2) is 0 Å². The van der Waals surface area contributed by atoms with Crippen molar-refractivity contribution >= 4 is 11.8 Å². The lowest BCUT2D eigenvalue weighted by Crippen LogP contribution is -2.46. The van der Waals surface area contributed by atoms with Gasteiger partial charge in [0.25, 0.3) is 0 Å².